The first-order valence-electron chi connectivity index (χ1n) is 9.50. The highest BCUT2D eigenvalue weighted by molar-refractivity contribution is 7.89. The maximum absolute atomic E-state index is 13.0. The van der Waals surface area contributed by atoms with Crippen molar-refractivity contribution in [2.24, 2.45) is 10.2 Å². The molecule has 0 spiro atoms. The van der Waals surface area contributed by atoms with E-state index in [1.807, 2.05) is 48.9 Å². The lowest BCUT2D eigenvalue weighted by Gasteiger charge is -2.17. The molecule has 0 aliphatic carbocycles. The Morgan fingerprint density at radius 3 is 2.23 bits per heavy atom. The number of nitrogens with zero attached hydrogens (tertiary/aromatic N) is 5. The average Bonchev–Trinajstić information content (AvgIpc) is 3.01. The number of hydrogen-bond donors (Lipinski definition) is 0. The molecule has 0 atom stereocenters. The molecule has 0 aliphatic heterocycles. The van der Waals surface area contributed by atoms with E-state index in [9.17, 15) is 8.42 Å². The van der Waals surface area contributed by atoms with Crippen LogP contribution in [0.2, 0.25) is 0 Å². The number of rotatable bonds is 8. The van der Waals surface area contributed by atoms with Gasteiger partial charge in [0.15, 0.2) is 0 Å². The Labute approximate surface area is 177 Å². The molecule has 8 heteroatoms. The molecule has 156 valence electrons. The SMILES string of the molecule is C=CCn1nc(C)c(CN(C)S(=O)(=O)c2ccc(N=Nc3ccccc3)cc2)c1C. The zero-order chi connectivity index (χ0) is 21.7. The van der Waals surface area contributed by atoms with Crippen LogP contribution in [-0.2, 0) is 23.1 Å². The predicted octanol–water partition coefficient (Wildman–Crippen LogP) is 4.92. The minimum atomic E-state index is -3.65. The van der Waals surface area contributed by atoms with E-state index < -0.39 is 10.0 Å². The van der Waals surface area contributed by atoms with Gasteiger partial charge in [-0.2, -0.15) is 19.6 Å². The molecule has 1 aromatic heterocycles. The molecule has 1 heterocycles. The van der Waals surface area contributed by atoms with Gasteiger partial charge in [0.2, 0.25) is 10.0 Å². The van der Waals surface area contributed by atoms with E-state index in [4.69, 9.17) is 0 Å². The Hall–Kier alpha value is -3.10. The number of allylic oxidation sites excluding steroid dienone is 1. The summed E-state index contributed by atoms with van der Waals surface area (Å²) in [6, 6.07) is 15.7. The largest absolute Gasteiger partial charge is 0.265 e. The molecule has 0 saturated heterocycles. The third-order valence-electron chi connectivity index (χ3n) is 4.80. The van der Waals surface area contributed by atoms with Crippen LogP contribution in [0.3, 0.4) is 0 Å². The maximum Gasteiger partial charge on any atom is 0.243 e. The molecule has 0 fully saturated rings. The summed E-state index contributed by atoms with van der Waals surface area (Å²) < 4.78 is 29.2. The van der Waals surface area contributed by atoms with Gasteiger partial charge in [-0.15, -0.1) is 6.58 Å². The molecule has 30 heavy (non-hydrogen) atoms. The van der Waals surface area contributed by atoms with Gasteiger partial charge in [-0.1, -0.05) is 24.3 Å². The highest BCUT2D eigenvalue weighted by Gasteiger charge is 2.23. The highest BCUT2D eigenvalue weighted by Crippen LogP contribution is 2.24. The fourth-order valence-electron chi connectivity index (χ4n) is 3.05. The summed E-state index contributed by atoms with van der Waals surface area (Å²) in [5, 5.41) is 12.8. The monoisotopic (exact) mass is 423 g/mol. The van der Waals surface area contributed by atoms with Crippen molar-refractivity contribution < 1.29 is 8.42 Å². The summed E-state index contributed by atoms with van der Waals surface area (Å²) in [5.41, 5.74) is 3.96. The van der Waals surface area contributed by atoms with Crippen LogP contribution in [0.25, 0.3) is 0 Å². The van der Waals surface area contributed by atoms with Crippen LogP contribution in [0.15, 0.2) is 82.4 Å². The topological polar surface area (TPSA) is 79.9 Å². The van der Waals surface area contributed by atoms with E-state index in [-0.39, 0.29) is 11.4 Å². The fraction of sp³-hybridized carbons (Fsp3) is 0.227. The molecule has 2 aromatic carbocycles. The van der Waals surface area contributed by atoms with E-state index in [0.29, 0.717) is 12.2 Å². The summed E-state index contributed by atoms with van der Waals surface area (Å²) >= 11 is 0. The summed E-state index contributed by atoms with van der Waals surface area (Å²) in [6.07, 6.45) is 1.76. The molecule has 0 aliphatic rings. The maximum atomic E-state index is 13.0. The van der Waals surface area contributed by atoms with Crippen molar-refractivity contribution in [1.82, 2.24) is 14.1 Å². The first-order chi connectivity index (χ1) is 14.3. The van der Waals surface area contributed by atoms with Gasteiger partial charge in [-0.25, -0.2) is 8.42 Å². The van der Waals surface area contributed by atoms with Crippen molar-refractivity contribution in [3.8, 4) is 0 Å². The molecule has 0 amide bonds. The van der Waals surface area contributed by atoms with E-state index in [2.05, 4.69) is 21.9 Å². The number of aryl methyl sites for hydroxylation is 1. The first-order valence-corrected chi connectivity index (χ1v) is 10.9. The smallest absolute Gasteiger partial charge is 0.243 e. The molecule has 7 nitrogen and oxygen atoms in total. The van der Waals surface area contributed by atoms with Crippen LogP contribution < -0.4 is 0 Å². The quantitative estimate of drug-likeness (QED) is 0.381. The normalized spacial score (nSPS) is 12.0. The molecule has 3 aromatic rings. The van der Waals surface area contributed by atoms with E-state index in [0.717, 1.165) is 22.6 Å². The third kappa shape index (κ3) is 4.72. The molecule has 0 N–H and O–H groups in total. The Kier molecular flexibility index (Phi) is 6.59. The Morgan fingerprint density at radius 2 is 1.63 bits per heavy atom. The van der Waals surface area contributed by atoms with Crippen molar-refractivity contribution in [3.63, 3.8) is 0 Å². The summed E-state index contributed by atoms with van der Waals surface area (Å²) in [6.45, 7) is 8.38. The van der Waals surface area contributed by atoms with Crippen LogP contribution in [0.4, 0.5) is 11.4 Å². The van der Waals surface area contributed by atoms with Crippen LogP contribution in [0.1, 0.15) is 17.0 Å². The molecule has 0 radical (unpaired) electrons. The first kappa shape index (κ1) is 21.6. The number of azo groups is 1. The Balaban J connectivity index is 1.76. The standard InChI is InChI=1S/C22H25N5O2S/c1-5-15-27-18(3)22(17(2)25-27)16-26(4)30(28,29)21-13-11-20(12-14-21)24-23-19-9-7-6-8-10-19/h5-14H,1,15-16H2,2-4H3. The number of aromatic nitrogens is 2. The number of hydrogen-bond acceptors (Lipinski definition) is 5. The van der Waals surface area contributed by atoms with Crippen molar-refractivity contribution in [2.75, 3.05) is 7.05 Å². The predicted molar refractivity (Wildman–Crippen MR) is 118 cm³/mol. The highest BCUT2D eigenvalue weighted by atomic mass is 32.2. The average molecular weight is 424 g/mol. The van der Waals surface area contributed by atoms with Gasteiger partial charge in [0, 0.05) is 24.8 Å². The van der Waals surface area contributed by atoms with Gasteiger partial charge < -0.3 is 0 Å². The van der Waals surface area contributed by atoms with Gasteiger partial charge in [-0.05, 0) is 50.2 Å². The summed E-state index contributed by atoms with van der Waals surface area (Å²) in [4.78, 5) is 0.206. The number of benzene rings is 2. The molecule has 0 bridgehead atoms. The second-order valence-corrected chi connectivity index (χ2v) is 8.96. The summed E-state index contributed by atoms with van der Waals surface area (Å²) in [5.74, 6) is 0. The zero-order valence-electron chi connectivity index (χ0n) is 17.4. The molecule has 0 unspecified atom stereocenters. The van der Waals surface area contributed by atoms with Crippen LogP contribution in [0.5, 0.6) is 0 Å². The van der Waals surface area contributed by atoms with Gasteiger partial charge in [-0.3, -0.25) is 4.68 Å². The van der Waals surface area contributed by atoms with Gasteiger partial charge in [0.05, 0.1) is 28.5 Å². The van der Waals surface area contributed by atoms with E-state index in [1.54, 1.807) is 37.4 Å². The third-order valence-corrected chi connectivity index (χ3v) is 6.61. The minimum Gasteiger partial charge on any atom is -0.265 e. The van der Waals surface area contributed by atoms with Crippen molar-refractivity contribution >= 4 is 21.4 Å². The molecule has 3 rings (SSSR count). The van der Waals surface area contributed by atoms with Gasteiger partial charge >= 0.3 is 0 Å². The minimum absolute atomic E-state index is 0.206. The molecule has 0 saturated carbocycles. The number of sulfonamides is 1. The Bertz CT molecular complexity index is 1150. The summed E-state index contributed by atoms with van der Waals surface area (Å²) in [7, 11) is -2.08. The lowest BCUT2D eigenvalue weighted by molar-refractivity contribution is 0.465. The lowest BCUT2D eigenvalue weighted by atomic mass is 10.2. The molecular weight excluding hydrogens is 398 g/mol. The van der Waals surface area contributed by atoms with Crippen LogP contribution in [-0.4, -0.2) is 29.6 Å². The zero-order valence-corrected chi connectivity index (χ0v) is 18.2. The second kappa shape index (κ2) is 9.15. The van der Waals surface area contributed by atoms with Crippen molar-refractivity contribution in [2.45, 2.75) is 31.8 Å². The lowest BCUT2D eigenvalue weighted by Crippen LogP contribution is -2.27. The van der Waals surface area contributed by atoms with Crippen molar-refractivity contribution in [1.29, 1.82) is 0 Å². The van der Waals surface area contributed by atoms with Gasteiger partial charge in [0.1, 0.15) is 0 Å². The van der Waals surface area contributed by atoms with E-state index >= 15 is 0 Å². The van der Waals surface area contributed by atoms with Crippen molar-refractivity contribution in [3.05, 3.63) is 84.2 Å². The second-order valence-electron chi connectivity index (χ2n) is 6.91. The Morgan fingerprint density at radius 1 is 1.03 bits per heavy atom. The van der Waals surface area contributed by atoms with E-state index in [1.165, 1.54) is 4.31 Å². The van der Waals surface area contributed by atoms with Crippen LogP contribution >= 0.6 is 0 Å². The fourth-order valence-corrected chi connectivity index (χ4v) is 4.18. The van der Waals surface area contributed by atoms with Gasteiger partial charge in [0.25, 0.3) is 0 Å². The molecular formula is C22H25N5O2S. The van der Waals surface area contributed by atoms with Crippen LogP contribution in [0, 0.1) is 13.8 Å².